The molecule has 1 saturated heterocycles. The zero-order valence-corrected chi connectivity index (χ0v) is 13.4. The summed E-state index contributed by atoms with van der Waals surface area (Å²) in [6.45, 7) is 11.3. The molecule has 19 heavy (non-hydrogen) atoms. The number of hydrogen-bond acceptors (Lipinski definition) is 2. The molecular weight excluding hydrogens is 232 g/mol. The van der Waals surface area contributed by atoms with Gasteiger partial charge >= 0.3 is 0 Å². The summed E-state index contributed by atoms with van der Waals surface area (Å²) in [6.07, 6.45) is 8.86. The Morgan fingerprint density at radius 2 is 1.63 bits per heavy atom. The summed E-state index contributed by atoms with van der Waals surface area (Å²) >= 11 is 0. The lowest BCUT2D eigenvalue weighted by atomic mass is 9.73. The molecule has 112 valence electrons. The van der Waals surface area contributed by atoms with Gasteiger partial charge in [0.25, 0.3) is 0 Å². The van der Waals surface area contributed by atoms with E-state index in [0.717, 1.165) is 17.8 Å². The van der Waals surface area contributed by atoms with Gasteiger partial charge in [-0.15, -0.1) is 0 Å². The first-order valence-corrected chi connectivity index (χ1v) is 8.61. The summed E-state index contributed by atoms with van der Waals surface area (Å²) in [6, 6.07) is 0. The summed E-state index contributed by atoms with van der Waals surface area (Å²) in [7, 11) is 2.25. The van der Waals surface area contributed by atoms with E-state index in [9.17, 15) is 0 Å². The third-order valence-corrected chi connectivity index (χ3v) is 5.60. The van der Waals surface area contributed by atoms with Crippen molar-refractivity contribution < 1.29 is 0 Å². The summed E-state index contributed by atoms with van der Waals surface area (Å²) in [4.78, 5) is 5.16. The first-order chi connectivity index (χ1) is 9.20. The summed E-state index contributed by atoms with van der Waals surface area (Å²) in [5.41, 5.74) is 0. The molecule has 1 saturated carbocycles. The maximum Gasteiger partial charge on any atom is 0.0110 e. The van der Waals surface area contributed by atoms with Gasteiger partial charge in [-0.25, -0.2) is 0 Å². The van der Waals surface area contributed by atoms with Crippen molar-refractivity contribution in [2.45, 2.75) is 52.4 Å². The number of nitrogens with zero attached hydrogens (tertiary/aromatic N) is 2. The molecule has 0 aromatic rings. The molecule has 0 aromatic carbocycles. The van der Waals surface area contributed by atoms with Crippen molar-refractivity contribution in [1.82, 2.24) is 9.80 Å². The van der Waals surface area contributed by atoms with Crippen LogP contribution in [0.2, 0.25) is 0 Å². The Hall–Kier alpha value is -0.0800. The monoisotopic (exact) mass is 266 g/mol. The van der Waals surface area contributed by atoms with E-state index in [1.165, 1.54) is 71.2 Å². The lowest BCUT2D eigenvalue weighted by molar-refractivity contribution is 0.0996. The van der Waals surface area contributed by atoms with Crippen LogP contribution in [0.15, 0.2) is 0 Å². The Labute approximate surface area is 120 Å². The van der Waals surface area contributed by atoms with Gasteiger partial charge in [-0.05, 0) is 24.8 Å². The van der Waals surface area contributed by atoms with E-state index >= 15 is 0 Å². The molecule has 2 heteroatoms. The molecule has 0 N–H and O–H groups in total. The lowest BCUT2D eigenvalue weighted by Gasteiger charge is -2.39. The Balaban J connectivity index is 1.80. The standard InChI is InChI=1S/C17H34N2/c1-4-17(16-8-6-5-7-9-16)15(2)14-19-12-10-18(3)11-13-19/h15-17H,4-14H2,1-3H3. The van der Waals surface area contributed by atoms with Crippen LogP contribution in [0.25, 0.3) is 0 Å². The molecule has 2 nitrogen and oxygen atoms in total. The smallest absolute Gasteiger partial charge is 0.0110 e. The fourth-order valence-electron chi connectivity index (χ4n) is 4.34. The van der Waals surface area contributed by atoms with E-state index in [1.54, 1.807) is 0 Å². The molecule has 1 aliphatic carbocycles. The average Bonchev–Trinajstić information content (AvgIpc) is 2.43. The first-order valence-electron chi connectivity index (χ1n) is 8.61. The fraction of sp³-hybridized carbons (Fsp3) is 1.00. The predicted molar refractivity (Wildman–Crippen MR) is 83.5 cm³/mol. The number of piperazine rings is 1. The van der Waals surface area contributed by atoms with Gasteiger partial charge in [0.1, 0.15) is 0 Å². The van der Waals surface area contributed by atoms with E-state index in [4.69, 9.17) is 0 Å². The maximum absolute atomic E-state index is 2.70. The molecule has 1 aliphatic heterocycles. The molecule has 2 atom stereocenters. The maximum atomic E-state index is 2.70. The van der Waals surface area contributed by atoms with Gasteiger partial charge in [-0.1, -0.05) is 52.4 Å². The van der Waals surface area contributed by atoms with Crippen molar-refractivity contribution in [3.05, 3.63) is 0 Å². The largest absolute Gasteiger partial charge is 0.304 e. The molecular formula is C17H34N2. The highest BCUT2D eigenvalue weighted by molar-refractivity contribution is 4.80. The highest BCUT2D eigenvalue weighted by atomic mass is 15.2. The van der Waals surface area contributed by atoms with Crippen LogP contribution in [0.3, 0.4) is 0 Å². The Kier molecular flexibility index (Phi) is 6.15. The minimum Gasteiger partial charge on any atom is -0.304 e. The highest BCUT2D eigenvalue weighted by Crippen LogP contribution is 2.36. The molecule has 2 rings (SSSR count). The van der Waals surface area contributed by atoms with Crippen LogP contribution in [0.5, 0.6) is 0 Å². The molecule has 0 amide bonds. The fourth-order valence-corrected chi connectivity index (χ4v) is 4.34. The Morgan fingerprint density at radius 3 is 2.21 bits per heavy atom. The normalized spacial score (nSPS) is 27.3. The third kappa shape index (κ3) is 4.46. The van der Waals surface area contributed by atoms with Gasteiger partial charge in [-0.3, -0.25) is 0 Å². The quantitative estimate of drug-likeness (QED) is 0.752. The van der Waals surface area contributed by atoms with Crippen molar-refractivity contribution in [3.63, 3.8) is 0 Å². The molecule has 0 bridgehead atoms. The van der Waals surface area contributed by atoms with Crippen molar-refractivity contribution >= 4 is 0 Å². The number of rotatable bonds is 5. The highest BCUT2D eigenvalue weighted by Gasteiger charge is 2.28. The number of likely N-dealkylation sites (N-methyl/N-ethyl adjacent to an activating group) is 1. The molecule has 0 radical (unpaired) electrons. The lowest BCUT2D eigenvalue weighted by Crippen LogP contribution is -2.46. The second kappa shape index (κ2) is 7.64. The van der Waals surface area contributed by atoms with E-state index in [0.29, 0.717) is 0 Å². The SMILES string of the molecule is CCC(C(C)CN1CCN(C)CC1)C1CCCCC1. The van der Waals surface area contributed by atoms with Gasteiger partial charge in [0.05, 0.1) is 0 Å². The van der Waals surface area contributed by atoms with Crippen LogP contribution < -0.4 is 0 Å². The van der Waals surface area contributed by atoms with Crippen LogP contribution >= 0.6 is 0 Å². The van der Waals surface area contributed by atoms with Crippen LogP contribution in [0.1, 0.15) is 52.4 Å². The van der Waals surface area contributed by atoms with Crippen LogP contribution in [0.4, 0.5) is 0 Å². The Morgan fingerprint density at radius 1 is 1.00 bits per heavy atom. The zero-order chi connectivity index (χ0) is 13.7. The molecule has 2 aliphatic rings. The van der Waals surface area contributed by atoms with Gasteiger partial charge in [0.2, 0.25) is 0 Å². The van der Waals surface area contributed by atoms with E-state index < -0.39 is 0 Å². The second-order valence-corrected chi connectivity index (χ2v) is 7.05. The van der Waals surface area contributed by atoms with Crippen molar-refractivity contribution in [1.29, 1.82) is 0 Å². The van der Waals surface area contributed by atoms with Crippen LogP contribution in [0, 0.1) is 17.8 Å². The average molecular weight is 266 g/mol. The topological polar surface area (TPSA) is 6.48 Å². The van der Waals surface area contributed by atoms with Gasteiger partial charge in [-0.2, -0.15) is 0 Å². The minimum atomic E-state index is 0.886. The summed E-state index contributed by atoms with van der Waals surface area (Å²) in [5, 5.41) is 0. The molecule has 0 spiro atoms. The molecule has 2 fully saturated rings. The predicted octanol–water partition coefficient (Wildman–Crippen LogP) is 3.48. The van der Waals surface area contributed by atoms with Crippen molar-refractivity contribution in [2.75, 3.05) is 39.8 Å². The molecule has 2 unspecified atom stereocenters. The molecule has 0 aromatic heterocycles. The Bertz CT molecular complexity index is 240. The summed E-state index contributed by atoms with van der Waals surface area (Å²) < 4.78 is 0. The van der Waals surface area contributed by atoms with E-state index in [2.05, 4.69) is 30.7 Å². The van der Waals surface area contributed by atoms with E-state index in [1.807, 2.05) is 0 Å². The van der Waals surface area contributed by atoms with Crippen molar-refractivity contribution in [2.24, 2.45) is 17.8 Å². The van der Waals surface area contributed by atoms with Crippen LogP contribution in [-0.4, -0.2) is 49.6 Å². The van der Waals surface area contributed by atoms with Crippen molar-refractivity contribution in [3.8, 4) is 0 Å². The minimum absolute atomic E-state index is 0.886. The van der Waals surface area contributed by atoms with Gasteiger partial charge < -0.3 is 9.80 Å². The van der Waals surface area contributed by atoms with Gasteiger partial charge in [0.15, 0.2) is 0 Å². The zero-order valence-electron chi connectivity index (χ0n) is 13.4. The third-order valence-electron chi connectivity index (χ3n) is 5.60. The first kappa shape index (κ1) is 15.3. The number of hydrogen-bond donors (Lipinski definition) is 0. The summed E-state index contributed by atoms with van der Waals surface area (Å²) in [5.74, 6) is 2.89. The van der Waals surface area contributed by atoms with Crippen LogP contribution in [-0.2, 0) is 0 Å². The molecule has 1 heterocycles. The van der Waals surface area contributed by atoms with Gasteiger partial charge in [0, 0.05) is 32.7 Å². The van der Waals surface area contributed by atoms with E-state index in [-0.39, 0.29) is 0 Å². The second-order valence-electron chi connectivity index (χ2n) is 7.05.